The van der Waals surface area contributed by atoms with Gasteiger partial charge in [-0.15, -0.1) is 0 Å². The van der Waals surface area contributed by atoms with Crippen LogP contribution in [0.25, 0.3) is 0 Å². The maximum atomic E-state index is 13.9. The van der Waals surface area contributed by atoms with Crippen molar-refractivity contribution in [2.45, 2.75) is 50.5 Å². The fraction of sp³-hybridized carbons (Fsp3) is 0.543. The van der Waals surface area contributed by atoms with Crippen molar-refractivity contribution in [2.75, 3.05) is 72.1 Å². The van der Waals surface area contributed by atoms with Crippen LogP contribution in [0.4, 0.5) is 4.79 Å². The first-order chi connectivity index (χ1) is 23.1. The predicted octanol–water partition coefficient (Wildman–Crippen LogP) is 2.98. The Bertz CT molecular complexity index is 1230. The molecule has 4 N–H and O–H groups in total. The summed E-state index contributed by atoms with van der Waals surface area (Å²) in [7, 11) is 0. The SMILES string of the molecule is O=C(N(CCOc1ccccc1)CCc1ccccc1)N(CCN1CCCC1)CCN1CCCC1.O=C(O)CC(O)(CC(=O)O)C(=O)O. The molecule has 0 aromatic heterocycles. The van der Waals surface area contributed by atoms with Gasteiger partial charge in [0, 0.05) is 32.7 Å². The molecule has 0 unspecified atom stereocenters. The van der Waals surface area contributed by atoms with Gasteiger partial charge < -0.3 is 44.8 Å². The summed E-state index contributed by atoms with van der Waals surface area (Å²) in [6.45, 7) is 9.98. The molecule has 13 heteroatoms. The molecule has 4 rings (SSSR count). The van der Waals surface area contributed by atoms with Crippen LogP contribution in [-0.4, -0.2) is 142 Å². The maximum Gasteiger partial charge on any atom is 0.336 e. The van der Waals surface area contributed by atoms with Crippen molar-refractivity contribution in [3.63, 3.8) is 0 Å². The predicted molar refractivity (Wildman–Crippen MR) is 179 cm³/mol. The molecule has 0 radical (unpaired) electrons. The number of carboxylic acids is 3. The number of carbonyl (C=O) groups is 4. The summed E-state index contributed by atoms with van der Waals surface area (Å²) in [5.74, 6) is -4.17. The largest absolute Gasteiger partial charge is 0.492 e. The number of aliphatic carboxylic acids is 3. The molecular weight excluding hydrogens is 620 g/mol. The minimum atomic E-state index is -2.74. The van der Waals surface area contributed by atoms with E-state index in [1.54, 1.807) is 0 Å². The lowest BCUT2D eigenvalue weighted by Gasteiger charge is -2.33. The first-order valence-electron chi connectivity index (χ1n) is 16.7. The highest BCUT2D eigenvalue weighted by molar-refractivity contribution is 5.88. The molecule has 2 aliphatic rings. The monoisotopic (exact) mass is 670 g/mol. The lowest BCUT2D eigenvalue weighted by Crippen LogP contribution is -2.49. The number of urea groups is 1. The molecule has 13 nitrogen and oxygen atoms in total. The standard InChI is InChI=1S/C29H42N4O2.C6H8O7/c34-29(33(23-21-30-16-7-8-17-30)24-22-31-18-9-10-19-31)32(20-15-27-11-3-1-4-12-27)25-26-35-28-13-5-2-6-14-28;7-3(8)1-6(13,5(11)12)2-4(9)10/h1-6,11-14H,7-10,15-26H2;13H,1-2H2,(H,7,8)(H,9,10)(H,11,12). The quantitative estimate of drug-likeness (QED) is 0.184. The van der Waals surface area contributed by atoms with Gasteiger partial charge in [-0.05, 0) is 76.0 Å². The highest BCUT2D eigenvalue weighted by atomic mass is 16.5. The highest BCUT2D eigenvalue weighted by Gasteiger charge is 2.40. The summed E-state index contributed by atoms with van der Waals surface area (Å²) in [4.78, 5) is 53.5. The van der Waals surface area contributed by atoms with E-state index in [9.17, 15) is 19.2 Å². The highest BCUT2D eigenvalue weighted by Crippen LogP contribution is 2.16. The fourth-order valence-corrected chi connectivity index (χ4v) is 5.76. The molecule has 2 aromatic rings. The number of carboxylic acid groups (broad SMARTS) is 3. The van der Waals surface area contributed by atoms with Gasteiger partial charge in [-0.3, -0.25) is 9.59 Å². The number of carbonyl (C=O) groups excluding carboxylic acids is 1. The lowest BCUT2D eigenvalue weighted by atomic mass is 9.96. The molecule has 0 spiro atoms. The molecule has 2 saturated heterocycles. The van der Waals surface area contributed by atoms with E-state index in [4.69, 9.17) is 25.2 Å². The molecular formula is C35H50N4O9. The molecule has 2 heterocycles. The lowest BCUT2D eigenvalue weighted by molar-refractivity contribution is -0.170. The van der Waals surface area contributed by atoms with Crippen LogP contribution in [0.1, 0.15) is 44.1 Å². The van der Waals surface area contributed by atoms with Gasteiger partial charge in [-0.1, -0.05) is 48.5 Å². The van der Waals surface area contributed by atoms with Gasteiger partial charge in [0.05, 0.1) is 19.4 Å². The molecule has 2 amide bonds. The second-order valence-corrected chi connectivity index (χ2v) is 12.2. The van der Waals surface area contributed by atoms with E-state index >= 15 is 0 Å². The van der Waals surface area contributed by atoms with E-state index in [0.29, 0.717) is 19.7 Å². The van der Waals surface area contributed by atoms with E-state index in [2.05, 4.69) is 39.0 Å². The molecule has 0 bridgehead atoms. The summed E-state index contributed by atoms with van der Waals surface area (Å²) in [5, 5.41) is 33.8. The van der Waals surface area contributed by atoms with Crippen molar-refractivity contribution < 1.29 is 44.3 Å². The summed E-state index contributed by atoms with van der Waals surface area (Å²) in [6.07, 6.45) is 3.68. The zero-order chi connectivity index (χ0) is 34.8. The van der Waals surface area contributed by atoms with E-state index in [-0.39, 0.29) is 6.03 Å². The number of para-hydroxylation sites is 1. The Kier molecular flexibility index (Phi) is 16.1. The third-order valence-electron chi connectivity index (χ3n) is 8.48. The Morgan fingerprint density at radius 1 is 0.667 bits per heavy atom. The van der Waals surface area contributed by atoms with E-state index < -0.39 is 36.4 Å². The number of amides is 2. The van der Waals surface area contributed by atoms with Crippen molar-refractivity contribution in [1.29, 1.82) is 0 Å². The number of likely N-dealkylation sites (tertiary alicyclic amines) is 2. The van der Waals surface area contributed by atoms with Crippen molar-refractivity contribution in [3.05, 3.63) is 66.2 Å². The number of rotatable bonds is 18. The van der Waals surface area contributed by atoms with Gasteiger partial charge in [0.25, 0.3) is 0 Å². The fourth-order valence-electron chi connectivity index (χ4n) is 5.76. The summed E-state index contributed by atoms with van der Waals surface area (Å²) >= 11 is 0. The van der Waals surface area contributed by atoms with Crippen molar-refractivity contribution in [3.8, 4) is 5.75 Å². The number of benzene rings is 2. The Morgan fingerprint density at radius 3 is 1.58 bits per heavy atom. The Balaban J connectivity index is 0.000000408. The zero-order valence-electron chi connectivity index (χ0n) is 27.6. The smallest absolute Gasteiger partial charge is 0.336 e. The molecule has 2 aliphatic heterocycles. The number of hydrogen-bond acceptors (Lipinski definition) is 8. The Hall–Kier alpha value is -4.20. The number of nitrogens with zero attached hydrogens (tertiary/aromatic N) is 4. The minimum absolute atomic E-state index is 0.149. The Morgan fingerprint density at radius 2 is 1.12 bits per heavy atom. The van der Waals surface area contributed by atoms with Crippen LogP contribution in [0.3, 0.4) is 0 Å². The van der Waals surface area contributed by atoms with Crippen LogP contribution in [0, 0.1) is 0 Å². The van der Waals surface area contributed by atoms with Crippen LogP contribution in [0.15, 0.2) is 60.7 Å². The molecule has 2 aromatic carbocycles. The maximum absolute atomic E-state index is 13.9. The molecule has 0 saturated carbocycles. The van der Waals surface area contributed by atoms with Gasteiger partial charge in [-0.2, -0.15) is 0 Å². The number of aliphatic hydroxyl groups is 1. The normalized spacial score (nSPS) is 14.9. The van der Waals surface area contributed by atoms with Gasteiger partial charge >= 0.3 is 23.9 Å². The second-order valence-electron chi connectivity index (χ2n) is 12.2. The third-order valence-corrected chi connectivity index (χ3v) is 8.48. The average molecular weight is 671 g/mol. The van der Waals surface area contributed by atoms with Gasteiger partial charge in [0.15, 0.2) is 5.60 Å². The van der Waals surface area contributed by atoms with Crippen molar-refractivity contribution in [2.24, 2.45) is 0 Å². The van der Waals surface area contributed by atoms with Crippen molar-refractivity contribution >= 4 is 23.9 Å². The average Bonchev–Trinajstić information content (AvgIpc) is 3.78. The van der Waals surface area contributed by atoms with E-state index in [1.807, 2.05) is 41.3 Å². The first kappa shape index (κ1) is 38.2. The zero-order valence-corrected chi connectivity index (χ0v) is 27.6. The van der Waals surface area contributed by atoms with Crippen molar-refractivity contribution in [1.82, 2.24) is 19.6 Å². The number of hydrogen-bond donors (Lipinski definition) is 4. The van der Waals surface area contributed by atoms with Gasteiger partial charge in [-0.25, -0.2) is 9.59 Å². The summed E-state index contributed by atoms with van der Waals surface area (Å²) in [6, 6.07) is 20.5. The topological polar surface area (TPSA) is 171 Å². The summed E-state index contributed by atoms with van der Waals surface area (Å²) in [5.41, 5.74) is -1.48. The van der Waals surface area contributed by atoms with Crippen LogP contribution in [0.2, 0.25) is 0 Å². The van der Waals surface area contributed by atoms with Gasteiger partial charge in [0.2, 0.25) is 0 Å². The third kappa shape index (κ3) is 13.9. The summed E-state index contributed by atoms with van der Waals surface area (Å²) < 4.78 is 5.97. The molecule has 48 heavy (non-hydrogen) atoms. The van der Waals surface area contributed by atoms with Crippen LogP contribution in [-0.2, 0) is 20.8 Å². The molecule has 2 fully saturated rings. The minimum Gasteiger partial charge on any atom is -0.492 e. The van der Waals surface area contributed by atoms with E-state index in [0.717, 1.165) is 64.5 Å². The van der Waals surface area contributed by atoms with E-state index in [1.165, 1.54) is 31.2 Å². The number of ether oxygens (including phenoxy) is 1. The van der Waals surface area contributed by atoms with Gasteiger partial charge in [0.1, 0.15) is 12.4 Å². The van der Waals surface area contributed by atoms with Crippen LogP contribution < -0.4 is 4.74 Å². The molecule has 0 aliphatic carbocycles. The first-order valence-corrected chi connectivity index (χ1v) is 16.7. The second kappa shape index (κ2) is 20.2. The Labute approximate surface area is 282 Å². The molecule has 264 valence electrons. The van der Waals surface area contributed by atoms with Crippen LogP contribution in [0.5, 0.6) is 5.75 Å². The molecule has 0 atom stereocenters. The van der Waals surface area contributed by atoms with Crippen LogP contribution >= 0.6 is 0 Å².